The fourth-order valence-corrected chi connectivity index (χ4v) is 0.918. The quantitative estimate of drug-likeness (QED) is 0.595. The van der Waals surface area contributed by atoms with Crippen LogP contribution in [-0.4, -0.2) is 18.9 Å². The molecule has 13 heavy (non-hydrogen) atoms. The van der Waals surface area contributed by atoms with Crippen molar-refractivity contribution in [3.05, 3.63) is 0 Å². The van der Waals surface area contributed by atoms with Crippen LogP contribution in [0.4, 0.5) is 0 Å². The Kier molecular flexibility index (Phi) is 6.20. The van der Waals surface area contributed by atoms with Crippen LogP contribution in [0.1, 0.15) is 39.5 Å². The van der Waals surface area contributed by atoms with Crippen molar-refractivity contribution in [1.82, 2.24) is 0 Å². The van der Waals surface area contributed by atoms with Crippen molar-refractivity contribution >= 4 is 11.8 Å². The molecule has 0 spiro atoms. The van der Waals surface area contributed by atoms with Gasteiger partial charge in [-0.3, -0.25) is 9.59 Å². The molecule has 0 saturated heterocycles. The molecule has 0 saturated carbocycles. The van der Waals surface area contributed by atoms with Gasteiger partial charge in [0.05, 0.1) is 13.5 Å². The second kappa shape index (κ2) is 6.63. The number of hydrogen-bond acceptors (Lipinski definition) is 3. The first-order chi connectivity index (χ1) is 6.06. The number of rotatable bonds is 6. The van der Waals surface area contributed by atoms with Crippen LogP contribution in [0.3, 0.4) is 0 Å². The molecule has 0 atom stereocenters. The van der Waals surface area contributed by atoms with Gasteiger partial charge in [-0.15, -0.1) is 0 Å². The van der Waals surface area contributed by atoms with E-state index in [1.165, 1.54) is 7.11 Å². The first kappa shape index (κ1) is 12.1. The largest absolute Gasteiger partial charge is 0.469 e. The number of ketones is 1. The van der Waals surface area contributed by atoms with Crippen LogP contribution >= 0.6 is 0 Å². The van der Waals surface area contributed by atoms with E-state index in [1.54, 1.807) is 0 Å². The number of carbonyl (C=O) groups excluding carboxylic acids is 2. The maximum atomic E-state index is 11.2. The highest BCUT2D eigenvalue weighted by atomic mass is 16.5. The highest BCUT2D eigenvalue weighted by molar-refractivity contribution is 5.82. The monoisotopic (exact) mass is 186 g/mol. The standard InChI is InChI=1S/C10H18O3/c1-8(2)4-5-9(11)6-7-10(12)13-3/h8H,4-7H2,1-3H3. The summed E-state index contributed by atoms with van der Waals surface area (Å²) in [5.41, 5.74) is 0. The molecule has 0 aromatic heterocycles. The van der Waals surface area contributed by atoms with Crippen molar-refractivity contribution in [3.8, 4) is 0 Å². The average molecular weight is 186 g/mol. The molecule has 0 rings (SSSR count). The van der Waals surface area contributed by atoms with Crippen molar-refractivity contribution in [3.63, 3.8) is 0 Å². The van der Waals surface area contributed by atoms with Gasteiger partial charge in [-0.1, -0.05) is 13.8 Å². The zero-order chi connectivity index (χ0) is 10.3. The third-order valence-corrected chi connectivity index (χ3v) is 1.84. The van der Waals surface area contributed by atoms with Crippen molar-refractivity contribution in [1.29, 1.82) is 0 Å². The summed E-state index contributed by atoms with van der Waals surface area (Å²) in [7, 11) is 1.33. The Morgan fingerprint density at radius 3 is 2.23 bits per heavy atom. The number of methoxy groups -OCH3 is 1. The maximum Gasteiger partial charge on any atom is 0.305 e. The first-order valence-corrected chi connectivity index (χ1v) is 4.64. The Bertz CT molecular complexity index is 173. The summed E-state index contributed by atoms with van der Waals surface area (Å²) in [4.78, 5) is 21.8. The molecule has 76 valence electrons. The third-order valence-electron chi connectivity index (χ3n) is 1.84. The van der Waals surface area contributed by atoms with Crippen LogP contribution < -0.4 is 0 Å². The predicted molar refractivity (Wildman–Crippen MR) is 50.3 cm³/mol. The van der Waals surface area contributed by atoms with Gasteiger partial charge in [0.25, 0.3) is 0 Å². The summed E-state index contributed by atoms with van der Waals surface area (Å²) in [5.74, 6) is 0.388. The summed E-state index contributed by atoms with van der Waals surface area (Å²) in [6.45, 7) is 4.15. The Labute approximate surface area is 79.5 Å². The van der Waals surface area contributed by atoms with Crippen LogP contribution in [0.25, 0.3) is 0 Å². The van der Waals surface area contributed by atoms with Crippen LogP contribution in [0, 0.1) is 5.92 Å². The van der Waals surface area contributed by atoms with E-state index >= 15 is 0 Å². The number of esters is 1. The average Bonchev–Trinajstić information content (AvgIpc) is 2.10. The molecule has 0 unspecified atom stereocenters. The van der Waals surface area contributed by atoms with E-state index in [1.807, 2.05) is 0 Å². The smallest absolute Gasteiger partial charge is 0.305 e. The Hall–Kier alpha value is -0.860. The van der Waals surface area contributed by atoms with Crippen molar-refractivity contribution in [2.24, 2.45) is 5.92 Å². The van der Waals surface area contributed by atoms with Crippen LogP contribution in [-0.2, 0) is 14.3 Å². The van der Waals surface area contributed by atoms with Crippen LogP contribution in [0.5, 0.6) is 0 Å². The van der Waals surface area contributed by atoms with Gasteiger partial charge in [-0.05, 0) is 12.3 Å². The molecule has 0 aromatic carbocycles. The van der Waals surface area contributed by atoms with Crippen LogP contribution in [0.2, 0.25) is 0 Å². The zero-order valence-corrected chi connectivity index (χ0v) is 8.63. The highest BCUT2D eigenvalue weighted by Crippen LogP contribution is 2.06. The molecule has 0 aromatic rings. The van der Waals surface area contributed by atoms with E-state index in [0.717, 1.165) is 6.42 Å². The molecule has 0 aliphatic heterocycles. The summed E-state index contributed by atoms with van der Waals surface area (Å²) >= 11 is 0. The third kappa shape index (κ3) is 7.50. The predicted octanol–water partition coefficient (Wildman–Crippen LogP) is 1.94. The molecule has 0 radical (unpaired) electrons. The van der Waals surface area contributed by atoms with E-state index in [9.17, 15) is 9.59 Å². The van der Waals surface area contributed by atoms with Crippen molar-refractivity contribution in [2.45, 2.75) is 39.5 Å². The van der Waals surface area contributed by atoms with Gasteiger partial charge < -0.3 is 4.74 Å². The van der Waals surface area contributed by atoms with Gasteiger partial charge in [0.1, 0.15) is 5.78 Å². The minimum atomic E-state index is -0.308. The van der Waals surface area contributed by atoms with Gasteiger partial charge in [-0.2, -0.15) is 0 Å². The lowest BCUT2D eigenvalue weighted by atomic mass is 10.0. The van der Waals surface area contributed by atoms with E-state index in [0.29, 0.717) is 18.8 Å². The Balaban J connectivity index is 3.46. The first-order valence-electron chi connectivity index (χ1n) is 4.64. The number of carbonyl (C=O) groups is 2. The molecule has 3 heteroatoms. The lowest BCUT2D eigenvalue weighted by Gasteiger charge is -2.02. The summed E-state index contributed by atoms with van der Waals surface area (Å²) in [6.07, 6.45) is 2.02. The fourth-order valence-electron chi connectivity index (χ4n) is 0.918. The van der Waals surface area contributed by atoms with E-state index in [4.69, 9.17) is 0 Å². The van der Waals surface area contributed by atoms with Crippen molar-refractivity contribution < 1.29 is 14.3 Å². The lowest BCUT2D eigenvalue weighted by Crippen LogP contribution is -2.06. The molecule has 0 amide bonds. The van der Waals surface area contributed by atoms with E-state index in [2.05, 4.69) is 18.6 Å². The Morgan fingerprint density at radius 1 is 1.15 bits per heavy atom. The van der Waals surface area contributed by atoms with E-state index < -0.39 is 0 Å². The van der Waals surface area contributed by atoms with Gasteiger partial charge in [0.2, 0.25) is 0 Å². The molecule has 0 fully saturated rings. The molecule has 3 nitrogen and oxygen atoms in total. The van der Waals surface area contributed by atoms with Gasteiger partial charge >= 0.3 is 5.97 Å². The molecule has 0 bridgehead atoms. The van der Waals surface area contributed by atoms with Crippen molar-refractivity contribution in [2.75, 3.05) is 7.11 Å². The van der Waals surface area contributed by atoms with Crippen LogP contribution in [0.15, 0.2) is 0 Å². The van der Waals surface area contributed by atoms with E-state index in [-0.39, 0.29) is 18.2 Å². The molecular formula is C10H18O3. The minimum Gasteiger partial charge on any atom is -0.469 e. The fraction of sp³-hybridized carbons (Fsp3) is 0.800. The summed E-state index contributed by atoms with van der Waals surface area (Å²) in [6, 6.07) is 0. The number of ether oxygens (including phenoxy) is 1. The molecule has 0 N–H and O–H groups in total. The molecular weight excluding hydrogens is 168 g/mol. The van der Waals surface area contributed by atoms with Gasteiger partial charge in [0.15, 0.2) is 0 Å². The second-order valence-corrected chi connectivity index (χ2v) is 3.55. The highest BCUT2D eigenvalue weighted by Gasteiger charge is 2.07. The number of Topliss-reactive ketones (excluding diaryl/α,β-unsaturated/α-hetero) is 1. The van der Waals surface area contributed by atoms with Gasteiger partial charge in [0, 0.05) is 12.8 Å². The summed E-state index contributed by atoms with van der Waals surface area (Å²) in [5, 5.41) is 0. The topological polar surface area (TPSA) is 43.4 Å². The number of hydrogen-bond donors (Lipinski definition) is 0. The maximum absolute atomic E-state index is 11.2. The molecule has 0 aliphatic rings. The molecule has 0 aliphatic carbocycles. The zero-order valence-electron chi connectivity index (χ0n) is 8.63. The Morgan fingerprint density at radius 2 is 1.77 bits per heavy atom. The SMILES string of the molecule is COC(=O)CCC(=O)CCC(C)C. The summed E-state index contributed by atoms with van der Waals surface area (Å²) < 4.78 is 4.44. The van der Waals surface area contributed by atoms with Gasteiger partial charge in [-0.25, -0.2) is 0 Å². The lowest BCUT2D eigenvalue weighted by molar-refractivity contribution is -0.141. The normalized spacial score (nSPS) is 10.2. The molecule has 0 heterocycles. The minimum absolute atomic E-state index is 0.152. The second-order valence-electron chi connectivity index (χ2n) is 3.55.